The van der Waals surface area contributed by atoms with E-state index in [4.69, 9.17) is 11.6 Å². The molecule has 0 radical (unpaired) electrons. The van der Waals surface area contributed by atoms with E-state index in [9.17, 15) is 4.79 Å². The third-order valence-electron chi connectivity index (χ3n) is 2.67. The molecule has 0 fully saturated rings. The number of hydrogen-bond acceptors (Lipinski definition) is 1. The van der Waals surface area contributed by atoms with Gasteiger partial charge in [0.05, 0.1) is 21.7 Å². The van der Waals surface area contributed by atoms with Crippen molar-refractivity contribution in [3.63, 3.8) is 0 Å². The number of fused-ring (bicyclic) bond motifs is 1. The van der Waals surface area contributed by atoms with E-state index in [0.29, 0.717) is 10.5 Å². The van der Waals surface area contributed by atoms with E-state index in [-0.39, 0.29) is 5.69 Å². The zero-order valence-electron chi connectivity index (χ0n) is 8.85. The average Bonchev–Trinajstić information content (AvgIpc) is 2.68. The molecule has 0 aliphatic rings. The molecule has 0 aliphatic heterocycles. The highest BCUT2D eigenvalue weighted by atomic mass is 35.5. The summed E-state index contributed by atoms with van der Waals surface area (Å²) in [7, 11) is 0. The van der Waals surface area contributed by atoms with E-state index in [1.807, 2.05) is 42.5 Å². The van der Waals surface area contributed by atoms with Crippen LogP contribution in [0.3, 0.4) is 0 Å². The summed E-state index contributed by atoms with van der Waals surface area (Å²) in [4.78, 5) is 14.7. The standard InChI is InChI=1S/C13H9ClN2O/c14-10-7-4-8-11-12(10)16(13(17)15-11)9-5-2-1-3-6-9/h1-8H,(H,15,17). The Morgan fingerprint density at radius 1 is 1.00 bits per heavy atom. The number of halogens is 1. The average molecular weight is 245 g/mol. The third kappa shape index (κ3) is 1.56. The number of H-pyrrole nitrogens is 1. The molecule has 2 aromatic carbocycles. The Balaban J connectivity index is 2.45. The minimum absolute atomic E-state index is 0.181. The maximum absolute atomic E-state index is 11.9. The summed E-state index contributed by atoms with van der Waals surface area (Å²) >= 11 is 6.15. The topological polar surface area (TPSA) is 37.8 Å². The number of nitrogens with one attached hydrogen (secondary N) is 1. The fourth-order valence-corrected chi connectivity index (χ4v) is 2.20. The lowest BCUT2D eigenvalue weighted by atomic mass is 10.3. The maximum atomic E-state index is 11.9. The van der Waals surface area contributed by atoms with Crippen LogP contribution in [0.4, 0.5) is 0 Å². The number of imidazole rings is 1. The molecule has 0 bridgehead atoms. The Hall–Kier alpha value is -2.00. The smallest absolute Gasteiger partial charge is 0.305 e. The lowest BCUT2D eigenvalue weighted by Gasteiger charge is -2.03. The Morgan fingerprint density at radius 2 is 1.76 bits per heavy atom. The molecule has 3 aromatic rings. The Labute approximate surface area is 102 Å². The second-order valence-electron chi connectivity index (χ2n) is 3.74. The SMILES string of the molecule is O=c1[nH]c2cccc(Cl)c2n1-c1ccccc1. The molecule has 4 heteroatoms. The van der Waals surface area contributed by atoms with Crippen molar-refractivity contribution in [1.29, 1.82) is 0 Å². The number of aromatic amines is 1. The van der Waals surface area contributed by atoms with Crippen LogP contribution in [0.1, 0.15) is 0 Å². The summed E-state index contributed by atoms with van der Waals surface area (Å²) in [5.74, 6) is 0. The van der Waals surface area contributed by atoms with Gasteiger partial charge in [-0.25, -0.2) is 4.79 Å². The van der Waals surface area contributed by atoms with Gasteiger partial charge in [0, 0.05) is 0 Å². The molecule has 0 saturated heterocycles. The molecule has 3 nitrogen and oxygen atoms in total. The minimum Gasteiger partial charge on any atom is -0.305 e. The van der Waals surface area contributed by atoms with Crippen LogP contribution in [0.2, 0.25) is 5.02 Å². The van der Waals surface area contributed by atoms with Crippen molar-refractivity contribution in [2.75, 3.05) is 0 Å². The summed E-state index contributed by atoms with van der Waals surface area (Å²) in [5, 5.41) is 0.560. The van der Waals surface area contributed by atoms with E-state index in [1.54, 1.807) is 10.6 Å². The van der Waals surface area contributed by atoms with Crippen LogP contribution in [0.25, 0.3) is 16.7 Å². The lowest BCUT2D eigenvalue weighted by molar-refractivity contribution is 1.02. The molecular formula is C13H9ClN2O. The first-order valence-corrected chi connectivity index (χ1v) is 5.60. The van der Waals surface area contributed by atoms with E-state index in [1.165, 1.54) is 0 Å². The molecule has 0 spiro atoms. The van der Waals surface area contributed by atoms with Crippen molar-refractivity contribution in [3.05, 3.63) is 64.0 Å². The van der Waals surface area contributed by atoms with Gasteiger partial charge in [0.15, 0.2) is 0 Å². The lowest BCUT2D eigenvalue weighted by Crippen LogP contribution is -2.14. The predicted molar refractivity (Wildman–Crippen MR) is 68.9 cm³/mol. The monoisotopic (exact) mass is 244 g/mol. The molecule has 0 atom stereocenters. The quantitative estimate of drug-likeness (QED) is 0.702. The van der Waals surface area contributed by atoms with Crippen molar-refractivity contribution >= 4 is 22.6 Å². The second-order valence-corrected chi connectivity index (χ2v) is 4.14. The zero-order chi connectivity index (χ0) is 11.8. The van der Waals surface area contributed by atoms with Gasteiger partial charge < -0.3 is 4.98 Å². The first-order valence-electron chi connectivity index (χ1n) is 5.22. The van der Waals surface area contributed by atoms with Crippen LogP contribution >= 0.6 is 11.6 Å². The van der Waals surface area contributed by atoms with E-state index >= 15 is 0 Å². The molecule has 0 aliphatic carbocycles. The van der Waals surface area contributed by atoms with Crippen LogP contribution in [0, 0.1) is 0 Å². The molecular weight excluding hydrogens is 236 g/mol. The van der Waals surface area contributed by atoms with Crippen molar-refractivity contribution in [3.8, 4) is 5.69 Å². The highest BCUT2D eigenvalue weighted by molar-refractivity contribution is 6.35. The molecule has 1 N–H and O–H groups in total. The summed E-state index contributed by atoms with van der Waals surface area (Å²) in [6.45, 7) is 0. The highest BCUT2D eigenvalue weighted by Gasteiger charge is 2.10. The molecule has 0 amide bonds. The highest BCUT2D eigenvalue weighted by Crippen LogP contribution is 2.23. The van der Waals surface area contributed by atoms with Gasteiger partial charge in [0.1, 0.15) is 0 Å². The summed E-state index contributed by atoms with van der Waals surface area (Å²) in [6.07, 6.45) is 0. The van der Waals surface area contributed by atoms with Gasteiger partial charge in [-0.05, 0) is 24.3 Å². The van der Waals surface area contributed by atoms with Gasteiger partial charge in [0.2, 0.25) is 0 Å². The number of nitrogens with zero attached hydrogens (tertiary/aromatic N) is 1. The minimum atomic E-state index is -0.181. The van der Waals surface area contributed by atoms with Crippen molar-refractivity contribution < 1.29 is 0 Å². The van der Waals surface area contributed by atoms with Crippen molar-refractivity contribution in [2.24, 2.45) is 0 Å². The number of benzene rings is 2. The number of rotatable bonds is 1. The molecule has 0 saturated carbocycles. The second kappa shape index (κ2) is 3.79. The van der Waals surface area contributed by atoms with Gasteiger partial charge in [-0.1, -0.05) is 35.9 Å². The fourth-order valence-electron chi connectivity index (χ4n) is 1.94. The Morgan fingerprint density at radius 3 is 2.53 bits per heavy atom. The first kappa shape index (κ1) is 10.2. The van der Waals surface area contributed by atoms with Crippen LogP contribution in [-0.2, 0) is 0 Å². The summed E-state index contributed by atoms with van der Waals surface area (Å²) in [6, 6.07) is 14.9. The first-order chi connectivity index (χ1) is 8.27. The Bertz CT molecular complexity index is 728. The van der Waals surface area contributed by atoms with Crippen LogP contribution in [-0.4, -0.2) is 9.55 Å². The van der Waals surface area contributed by atoms with Crippen molar-refractivity contribution in [1.82, 2.24) is 9.55 Å². The number of hydrogen-bond donors (Lipinski definition) is 1. The van der Waals surface area contributed by atoms with Crippen molar-refractivity contribution in [2.45, 2.75) is 0 Å². The summed E-state index contributed by atoms with van der Waals surface area (Å²) < 4.78 is 1.58. The van der Waals surface area contributed by atoms with Gasteiger partial charge >= 0.3 is 5.69 Å². The third-order valence-corrected chi connectivity index (χ3v) is 2.97. The van der Waals surface area contributed by atoms with Gasteiger partial charge in [-0.2, -0.15) is 0 Å². The van der Waals surface area contributed by atoms with E-state index in [0.717, 1.165) is 11.2 Å². The molecule has 1 heterocycles. The fraction of sp³-hybridized carbons (Fsp3) is 0. The molecule has 17 heavy (non-hydrogen) atoms. The molecule has 1 aromatic heterocycles. The molecule has 0 unspecified atom stereocenters. The largest absolute Gasteiger partial charge is 0.331 e. The van der Waals surface area contributed by atoms with Crippen LogP contribution in [0.15, 0.2) is 53.3 Å². The summed E-state index contributed by atoms with van der Waals surface area (Å²) in [5.41, 5.74) is 2.08. The van der Waals surface area contributed by atoms with Crippen LogP contribution in [0.5, 0.6) is 0 Å². The zero-order valence-corrected chi connectivity index (χ0v) is 9.61. The van der Waals surface area contributed by atoms with Crippen LogP contribution < -0.4 is 5.69 Å². The number of aromatic nitrogens is 2. The van der Waals surface area contributed by atoms with Gasteiger partial charge in [-0.3, -0.25) is 4.57 Å². The normalized spacial score (nSPS) is 10.9. The van der Waals surface area contributed by atoms with Gasteiger partial charge in [-0.15, -0.1) is 0 Å². The van der Waals surface area contributed by atoms with E-state index < -0.39 is 0 Å². The predicted octanol–water partition coefficient (Wildman–Crippen LogP) is 2.97. The van der Waals surface area contributed by atoms with Gasteiger partial charge in [0.25, 0.3) is 0 Å². The maximum Gasteiger partial charge on any atom is 0.331 e. The van der Waals surface area contributed by atoms with E-state index in [2.05, 4.69) is 4.98 Å². The Kier molecular flexibility index (Phi) is 2.27. The molecule has 3 rings (SSSR count). The molecule has 84 valence electrons. The number of para-hydroxylation sites is 2.